The monoisotopic (exact) mass is 399 g/mol. The van der Waals surface area contributed by atoms with Gasteiger partial charge < -0.3 is 5.32 Å². The van der Waals surface area contributed by atoms with E-state index in [9.17, 15) is 0 Å². The molecule has 0 heterocycles. The molecule has 0 aliphatic carbocycles. The SMILES string of the molecule is CCCNC(c1ccc(Cl)cc1)c1cccc(C)c1I. The van der Waals surface area contributed by atoms with Crippen LogP contribution in [-0.4, -0.2) is 6.54 Å². The second kappa shape index (κ2) is 7.43. The van der Waals surface area contributed by atoms with Gasteiger partial charge in [0.25, 0.3) is 0 Å². The normalized spacial score (nSPS) is 12.4. The van der Waals surface area contributed by atoms with Gasteiger partial charge in [0.1, 0.15) is 0 Å². The van der Waals surface area contributed by atoms with Crippen LogP contribution >= 0.6 is 34.2 Å². The molecule has 2 aromatic rings. The summed E-state index contributed by atoms with van der Waals surface area (Å²) in [6.45, 7) is 5.34. The van der Waals surface area contributed by atoms with Gasteiger partial charge in [-0.1, -0.05) is 48.9 Å². The number of halogens is 2. The number of benzene rings is 2. The van der Waals surface area contributed by atoms with Crippen LogP contribution in [0, 0.1) is 10.5 Å². The molecule has 1 unspecified atom stereocenters. The molecule has 1 atom stereocenters. The first-order chi connectivity index (χ1) is 9.63. The van der Waals surface area contributed by atoms with Crippen LogP contribution in [-0.2, 0) is 0 Å². The smallest absolute Gasteiger partial charge is 0.0587 e. The largest absolute Gasteiger partial charge is 0.306 e. The summed E-state index contributed by atoms with van der Waals surface area (Å²) < 4.78 is 1.33. The highest BCUT2D eigenvalue weighted by Gasteiger charge is 2.16. The minimum Gasteiger partial charge on any atom is -0.306 e. The third-order valence-corrected chi connectivity index (χ3v) is 5.06. The topological polar surface area (TPSA) is 12.0 Å². The van der Waals surface area contributed by atoms with Crippen LogP contribution in [0.25, 0.3) is 0 Å². The van der Waals surface area contributed by atoms with E-state index in [2.05, 4.69) is 72.1 Å². The predicted molar refractivity (Wildman–Crippen MR) is 95.5 cm³/mol. The highest BCUT2D eigenvalue weighted by Crippen LogP contribution is 2.28. The average molecular weight is 400 g/mol. The molecule has 0 amide bonds. The Labute approximate surface area is 139 Å². The molecule has 106 valence electrons. The zero-order valence-electron chi connectivity index (χ0n) is 11.8. The van der Waals surface area contributed by atoms with E-state index in [1.54, 1.807) is 0 Å². The molecule has 0 aliphatic heterocycles. The van der Waals surface area contributed by atoms with Crippen LogP contribution in [0.5, 0.6) is 0 Å². The van der Waals surface area contributed by atoms with Crippen molar-refractivity contribution in [3.8, 4) is 0 Å². The summed E-state index contributed by atoms with van der Waals surface area (Å²) in [6.07, 6.45) is 1.12. The van der Waals surface area contributed by atoms with Gasteiger partial charge in [-0.2, -0.15) is 0 Å². The highest BCUT2D eigenvalue weighted by molar-refractivity contribution is 14.1. The van der Waals surface area contributed by atoms with Gasteiger partial charge >= 0.3 is 0 Å². The van der Waals surface area contributed by atoms with Crippen molar-refractivity contribution < 1.29 is 0 Å². The van der Waals surface area contributed by atoms with E-state index < -0.39 is 0 Å². The van der Waals surface area contributed by atoms with E-state index in [0.29, 0.717) is 0 Å². The van der Waals surface area contributed by atoms with Crippen LogP contribution in [0.2, 0.25) is 5.02 Å². The predicted octanol–water partition coefficient (Wildman–Crippen LogP) is 5.34. The van der Waals surface area contributed by atoms with E-state index in [1.807, 2.05) is 12.1 Å². The van der Waals surface area contributed by atoms with Crippen LogP contribution in [0.15, 0.2) is 42.5 Å². The average Bonchev–Trinajstić information content (AvgIpc) is 2.45. The third kappa shape index (κ3) is 3.74. The van der Waals surface area contributed by atoms with Gasteiger partial charge in [0.15, 0.2) is 0 Å². The van der Waals surface area contributed by atoms with Crippen LogP contribution < -0.4 is 5.32 Å². The second-order valence-electron chi connectivity index (χ2n) is 4.92. The van der Waals surface area contributed by atoms with Crippen molar-refractivity contribution in [3.05, 3.63) is 67.7 Å². The van der Waals surface area contributed by atoms with Gasteiger partial charge in [-0.25, -0.2) is 0 Å². The van der Waals surface area contributed by atoms with Crippen molar-refractivity contribution in [1.82, 2.24) is 5.32 Å². The Morgan fingerprint density at radius 1 is 1.15 bits per heavy atom. The fourth-order valence-corrected chi connectivity index (χ4v) is 3.04. The van der Waals surface area contributed by atoms with Gasteiger partial charge in [-0.15, -0.1) is 0 Å². The summed E-state index contributed by atoms with van der Waals surface area (Å²) in [5, 5.41) is 4.42. The van der Waals surface area contributed by atoms with E-state index in [-0.39, 0.29) is 6.04 Å². The number of hydrogen-bond acceptors (Lipinski definition) is 1. The number of aryl methyl sites for hydroxylation is 1. The van der Waals surface area contributed by atoms with Crippen molar-refractivity contribution in [2.75, 3.05) is 6.54 Å². The summed E-state index contributed by atoms with van der Waals surface area (Å²) in [7, 11) is 0. The van der Waals surface area contributed by atoms with Gasteiger partial charge in [-0.05, 0) is 71.3 Å². The van der Waals surface area contributed by atoms with Crippen LogP contribution in [0.1, 0.15) is 36.1 Å². The Morgan fingerprint density at radius 3 is 2.50 bits per heavy atom. The highest BCUT2D eigenvalue weighted by atomic mass is 127. The Kier molecular flexibility index (Phi) is 5.87. The standard InChI is InChI=1S/C17H19ClIN/c1-3-11-20-17(13-7-9-14(18)10-8-13)15-6-4-5-12(2)16(15)19/h4-10,17,20H,3,11H2,1-2H3. The maximum atomic E-state index is 6.00. The molecule has 1 nitrogen and oxygen atoms in total. The molecule has 3 heteroatoms. The maximum absolute atomic E-state index is 6.00. The fraction of sp³-hybridized carbons (Fsp3) is 0.294. The molecule has 0 saturated carbocycles. The summed E-state index contributed by atoms with van der Waals surface area (Å²) in [4.78, 5) is 0. The molecule has 0 aromatic heterocycles. The van der Waals surface area contributed by atoms with Gasteiger partial charge in [-0.3, -0.25) is 0 Å². The zero-order valence-corrected chi connectivity index (χ0v) is 14.7. The quantitative estimate of drug-likeness (QED) is 0.669. The Hall–Kier alpha value is -0.580. The molecule has 0 saturated heterocycles. The minimum atomic E-state index is 0.221. The first-order valence-electron chi connectivity index (χ1n) is 6.87. The van der Waals surface area contributed by atoms with Crippen molar-refractivity contribution in [2.24, 2.45) is 0 Å². The Balaban J connectivity index is 2.41. The number of rotatable bonds is 5. The van der Waals surface area contributed by atoms with Crippen molar-refractivity contribution in [3.63, 3.8) is 0 Å². The maximum Gasteiger partial charge on any atom is 0.0587 e. The lowest BCUT2D eigenvalue weighted by atomic mass is 9.97. The molecule has 20 heavy (non-hydrogen) atoms. The van der Waals surface area contributed by atoms with Gasteiger partial charge in [0.2, 0.25) is 0 Å². The molecular weight excluding hydrogens is 381 g/mol. The number of hydrogen-bond donors (Lipinski definition) is 1. The van der Waals surface area contributed by atoms with Crippen molar-refractivity contribution in [1.29, 1.82) is 0 Å². The molecule has 0 aliphatic rings. The molecule has 0 fully saturated rings. The van der Waals surface area contributed by atoms with Crippen molar-refractivity contribution in [2.45, 2.75) is 26.3 Å². The van der Waals surface area contributed by atoms with Crippen LogP contribution in [0.4, 0.5) is 0 Å². The summed E-state index contributed by atoms with van der Waals surface area (Å²) in [6, 6.07) is 14.8. The lowest BCUT2D eigenvalue weighted by molar-refractivity contribution is 0.596. The van der Waals surface area contributed by atoms with E-state index >= 15 is 0 Å². The summed E-state index contributed by atoms with van der Waals surface area (Å²) in [5.41, 5.74) is 3.91. The third-order valence-electron chi connectivity index (χ3n) is 3.33. The Bertz CT molecular complexity index is 566. The second-order valence-corrected chi connectivity index (χ2v) is 6.43. The number of nitrogens with one attached hydrogen (secondary N) is 1. The molecule has 1 N–H and O–H groups in total. The molecule has 0 bridgehead atoms. The van der Waals surface area contributed by atoms with E-state index in [1.165, 1.54) is 20.3 Å². The molecule has 0 spiro atoms. The van der Waals surface area contributed by atoms with Gasteiger partial charge in [0, 0.05) is 8.59 Å². The summed E-state index contributed by atoms with van der Waals surface area (Å²) in [5.74, 6) is 0. The first-order valence-corrected chi connectivity index (χ1v) is 8.33. The fourth-order valence-electron chi connectivity index (χ4n) is 2.24. The summed E-state index contributed by atoms with van der Waals surface area (Å²) >= 11 is 8.44. The zero-order chi connectivity index (χ0) is 14.5. The lowest BCUT2D eigenvalue weighted by Crippen LogP contribution is -2.24. The molecular formula is C17H19ClIN. The molecule has 0 radical (unpaired) electrons. The minimum absolute atomic E-state index is 0.221. The molecule has 2 aromatic carbocycles. The van der Waals surface area contributed by atoms with Crippen molar-refractivity contribution >= 4 is 34.2 Å². The van der Waals surface area contributed by atoms with Crippen LogP contribution in [0.3, 0.4) is 0 Å². The van der Waals surface area contributed by atoms with E-state index in [4.69, 9.17) is 11.6 Å². The Morgan fingerprint density at radius 2 is 1.85 bits per heavy atom. The molecule has 2 rings (SSSR count). The van der Waals surface area contributed by atoms with Gasteiger partial charge in [0.05, 0.1) is 6.04 Å². The lowest BCUT2D eigenvalue weighted by Gasteiger charge is -2.22. The first kappa shape index (κ1) is 15.8. The van der Waals surface area contributed by atoms with E-state index in [0.717, 1.165) is 18.0 Å².